The molecule has 2 aromatic carbocycles. The lowest BCUT2D eigenvalue weighted by Gasteiger charge is -2.30. The SMILES string of the molecule is C#CCN(C(C)Cc1ccccc1)P(=O)(O)Oc1ccccc1. The Kier molecular flexibility index (Phi) is 6.01. The number of para-hydroxylation sites is 1. The maximum atomic E-state index is 12.7. The Hall–Kier alpha value is -2.05. The molecule has 0 aromatic heterocycles. The van der Waals surface area contributed by atoms with Gasteiger partial charge in [0.25, 0.3) is 0 Å². The van der Waals surface area contributed by atoms with Gasteiger partial charge >= 0.3 is 7.75 Å². The summed E-state index contributed by atoms with van der Waals surface area (Å²) in [5.41, 5.74) is 1.07. The molecule has 0 saturated carbocycles. The Morgan fingerprint density at radius 2 is 1.74 bits per heavy atom. The van der Waals surface area contributed by atoms with Crippen LogP contribution < -0.4 is 4.52 Å². The van der Waals surface area contributed by atoms with Gasteiger partial charge in [0.15, 0.2) is 0 Å². The summed E-state index contributed by atoms with van der Waals surface area (Å²) in [4.78, 5) is 10.4. The Morgan fingerprint density at radius 1 is 1.17 bits per heavy atom. The van der Waals surface area contributed by atoms with Crippen molar-refractivity contribution < 1.29 is 14.0 Å². The monoisotopic (exact) mass is 329 g/mol. The first-order valence-corrected chi connectivity index (χ1v) is 8.88. The van der Waals surface area contributed by atoms with Gasteiger partial charge in [-0.3, -0.25) is 0 Å². The standard InChI is InChI=1S/C18H20NO3P/c1-3-14-19(16(2)15-17-10-6-4-7-11-17)23(20,21)22-18-12-8-5-9-13-18/h1,4-13,16H,14-15H2,2H3,(H,20,21). The first-order valence-electron chi connectivity index (χ1n) is 7.35. The summed E-state index contributed by atoms with van der Waals surface area (Å²) in [5.74, 6) is 2.78. The Bertz CT molecular complexity index is 697. The van der Waals surface area contributed by atoms with E-state index in [0.717, 1.165) is 5.56 Å². The molecule has 2 aromatic rings. The molecule has 2 unspecified atom stereocenters. The second kappa shape index (κ2) is 7.99. The minimum absolute atomic E-state index is 0.0363. The van der Waals surface area contributed by atoms with Gasteiger partial charge in [0.1, 0.15) is 5.75 Å². The van der Waals surface area contributed by atoms with E-state index in [1.807, 2.05) is 43.3 Å². The third kappa shape index (κ3) is 4.97. The van der Waals surface area contributed by atoms with Crippen LogP contribution in [0.15, 0.2) is 60.7 Å². The molecule has 0 saturated heterocycles. The molecule has 120 valence electrons. The molecule has 2 atom stereocenters. The van der Waals surface area contributed by atoms with Crippen LogP contribution in [0.3, 0.4) is 0 Å². The van der Waals surface area contributed by atoms with Crippen molar-refractivity contribution in [3.05, 3.63) is 66.2 Å². The van der Waals surface area contributed by atoms with E-state index in [1.165, 1.54) is 4.67 Å². The van der Waals surface area contributed by atoms with Gasteiger partial charge in [-0.25, -0.2) is 4.57 Å². The summed E-state index contributed by atoms with van der Waals surface area (Å²) in [7, 11) is -4.04. The van der Waals surface area contributed by atoms with E-state index in [2.05, 4.69) is 5.92 Å². The average Bonchev–Trinajstić information content (AvgIpc) is 2.53. The molecule has 0 spiro atoms. The van der Waals surface area contributed by atoms with Crippen LogP contribution in [0.2, 0.25) is 0 Å². The number of nitrogens with zero attached hydrogens (tertiary/aromatic N) is 1. The Labute approximate surface area is 137 Å². The van der Waals surface area contributed by atoms with E-state index in [4.69, 9.17) is 10.9 Å². The van der Waals surface area contributed by atoms with E-state index in [-0.39, 0.29) is 12.6 Å². The summed E-state index contributed by atoms with van der Waals surface area (Å²) in [6, 6.07) is 18.1. The smallest absolute Gasteiger partial charge is 0.413 e. The van der Waals surface area contributed by atoms with Crippen LogP contribution in [0.25, 0.3) is 0 Å². The molecule has 0 radical (unpaired) electrons. The van der Waals surface area contributed by atoms with Gasteiger partial charge < -0.3 is 9.42 Å². The van der Waals surface area contributed by atoms with E-state index >= 15 is 0 Å². The van der Waals surface area contributed by atoms with Crippen molar-refractivity contribution in [3.63, 3.8) is 0 Å². The second-order valence-corrected chi connectivity index (χ2v) is 6.91. The summed E-state index contributed by atoms with van der Waals surface area (Å²) in [6.07, 6.45) is 5.97. The third-order valence-corrected chi connectivity index (χ3v) is 5.06. The fourth-order valence-electron chi connectivity index (χ4n) is 2.32. The molecule has 4 nitrogen and oxygen atoms in total. The third-order valence-electron chi connectivity index (χ3n) is 3.43. The van der Waals surface area contributed by atoms with Crippen LogP contribution in [0, 0.1) is 12.3 Å². The molecular weight excluding hydrogens is 309 g/mol. The van der Waals surface area contributed by atoms with Gasteiger partial charge in [0, 0.05) is 6.04 Å². The number of terminal acetylenes is 1. The van der Waals surface area contributed by atoms with Gasteiger partial charge in [-0.2, -0.15) is 4.67 Å². The minimum Gasteiger partial charge on any atom is -0.413 e. The van der Waals surface area contributed by atoms with Crippen LogP contribution in [-0.4, -0.2) is 22.2 Å². The molecule has 2 rings (SSSR count). The van der Waals surface area contributed by atoms with Crippen LogP contribution in [0.1, 0.15) is 12.5 Å². The van der Waals surface area contributed by atoms with Crippen molar-refractivity contribution in [2.24, 2.45) is 0 Å². The Balaban J connectivity index is 2.15. The fourth-order valence-corrected chi connectivity index (χ4v) is 3.66. The summed E-state index contributed by atoms with van der Waals surface area (Å²) >= 11 is 0. The van der Waals surface area contributed by atoms with Crippen molar-refractivity contribution in [2.45, 2.75) is 19.4 Å². The first-order chi connectivity index (χ1) is 11.0. The molecule has 0 aliphatic rings. The van der Waals surface area contributed by atoms with Crippen LogP contribution in [-0.2, 0) is 11.0 Å². The minimum atomic E-state index is -4.04. The summed E-state index contributed by atoms with van der Waals surface area (Å²) < 4.78 is 19.3. The lowest BCUT2D eigenvalue weighted by atomic mass is 10.1. The molecule has 0 fully saturated rings. The fraction of sp³-hybridized carbons (Fsp3) is 0.222. The molecule has 1 N–H and O–H groups in total. The maximum Gasteiger partial charge on any atom is 0.459 e. The summed E-state index contributed by atoms with van der Waals surface area (Å²) in [5, 5.41) is 0. The predicted octanol–water partition coefficient (Wildman–Crippen LogP) is 3.73. The zero-order valence-electron chi connectivity index (χ0n) is 13.0. The molecule has 0 aliphatic carbocycles. The summed E-state index contributed by atoms with van der Waals surface area (Å²) in [6.45, 7) is 1.90. The van der Waals surface area contributed by atoms with E-state index in [9.17, 15) is 9.46 Å². The molecule has 0 aliphatic heterocycles. The van der Waals surface area contributed by atoms with Crippen molar-refractivity contribution in [1.82, 2.24) is 4.67 Å². The van der Waals surface area contributed by atoms with Crippen LogP contribution in [0.5, 0.6) is 5.75 Å². The number of hydrogen-bond acceptors (Lipinski definition) is 2. The Morgan fingerprint density at radius 3 is 2.30 bits per heavy atom. The van der Waals surface area contributed by atoms with Crippen LogP contribution >= 0.6 is 7.75 Å². The van der Waals surface area contributed by atoms with Crippen molar-refractivity contribution >= 4 is 7.75 Å². The lowest BCUT2D eigenvalue weighted by molar-refractivity contribution is 0.254. The van der Waals surface area contributed by atoms with Gasteiger partial charge in [-0.15, -0.1) is 6.42 Å². The van der Waals surface area contributed by atoms with Crippen molar-refractivity contribution in [1.29, 1.82) is 0 Å². The zero-order chi connectivity index (χ0) is 16.7. The molecular formula is C18H20NO3P. The topological polar surface area (TPSA) is 49.8 Å². The van der Waals surface area contributed by atoms with E-state index < -0.39 is 7.75 Å². The van der Waals surface area contributed by atoms with E-state index in [1.54, 1.807) is 24.3 Å². The van der Waals surface area contributed by atoms with E-state index in [0.29, 0.717) is 12.2 Å². The largest absolute Gasteiger partial charge is 0.459 e. The maximum absolute atomic E-state index is 12.7. The number of hydrogen-bond donors (Lipinski definition) is 1. The highest BCUT2D eigenvalue weighted by Gasteiger charge is 2.34. The van der Waals surface area contributed by atoms with Crippen molar-refractivity contribution in [3.8, 4) is 18.1 Å². The number of rotatable bonds is 7. The van der Waals surface area contributed by atoms with Crippen LogP contribution in [0.4, 0.5) is 0 Å². The van der Waals surface area contributed by atoms with Gasteiger partial charge in [0.05, 0.1) is 6.54 Å². The van der Waals surface area contributed by atoms with Gasteiger partial charge in [0.2, 0.25) is 0 Å². The lowest BCUT2D eigenvalue weighted by Crippen LogP contribution is -2.33. The van der Waals surface area contributed by atoms with Gasteiger partial charge in [-0.1, -0.05) is 54.5 Å². The highest BCUT2D eigenvalue weighted by molar-refractivity contribution is 7.50. The molecule has 0 amide bonds. The second-order valence-electron chi connectivity index (χ2n) is 5.24. The zero-order valence-corrected chi connectivity index (χ0v) is 13.9. The number of benzene rings is 2. The molecule has 0 bridgehead atoms. The average molecular weight is 329 g/mol. The van der Waals surface area contributed by atoms with Gasteiger partial charge in [-0.05, 0) is 31.0 Å². The molecule has 0 heterocycles. The quantitative estimate of drug-likeness (QED) is 0.621. The molecule has 5 heteroatoms. The first kappa shape index (κ1) is 17.3. The normalized spacial score (nSPS) is 14.7. The van der Waals surface area contributed by atoms with Crippen molar-refractivity contribution in [2.75, 3.05) is 6.54 Å². The highest BCUT2D eigenvalue weighted by Crippen LogP contribution is 2.48. The molecule has 23 heavy (non-hydrogen) atoms. The highest BCUT2D eigenvalue weighted by atomic mass is 31.2. The predicted molar refractivity (Wildman–Crippen MR) is 92.0 cm³/mol.